The zero-order chi connectivity index (χ0) is 19.0. The van der Waals surface area contributed by atoms with Crippen molar-refractivity contribution >= 4 is 85.5 Å². The summed E-state index contributed by atoms with van der Waals surface area (Å²) in [6.07, 6.45) is 0. The SMILES string of the molecule is CC(Br)C(=O)[O-].CCOC(=S)SC(C)C(=O)[O-].CCOC(=S)[S-].O.[Br-].[K+].[K+].[Na+].[Na+]. The molecule has 0 aliphatic carbocycles. The molecular weight excluding hydrogens is 668 g/mol. The molecule has 2 N–H and O–H groups in total. The third kappa shape index (κ3) is 60.2. The Bertz CT molecular complexity index is 405. The van der Waals surface area contributed by atoms with Crippen molar-refractivity contribution in [2.24, 2.45) is 0 Å². The Hall–Kier alpha value is 5.48. The van der Waals surface area contributed by atoms with Gasteiger partial charge in [-0.1, -0.05) is 27.7 Å². The minimum atomic E-state index is -1.13. The van der Waals surface area contributed by atoms with E-state index < -0.39 is 22.0 Å². The van der Waals surface area contributed by atoms with Crippen LogP contribution in [0.2, 0.25) is 0 Å². The van der Waals surface area contributed by atoms with E-state index >= 15 is 0 Å². The van der Waals surface area contributed by atoms with Crippen molar-refractivity contribution in [3.63, 3.8) is 0 Å². The number of carboxylic acids is 2. The Balaban J connectivity index is -0.0000000283. The second-order valence-corrected chi connectivity index (χ2v) is 7.70. The number of hydrogen-bond donors (Lipinski definition) is 0. The standard InChI is InChI=1S/C6H10O3S2.C3H5BrO2.C3H6OS2.BrH.2K.2Na.H2O/c1-3-9-6(10)11-4(2)5(7)8;1-2(4)3(5)6;1-2-4-3(5)6;;;;;;/h4H,3H2,1-2H3,(H,7,8);2H,1H3,(H,5,6);2H2,1H3,(H,5,6);1H;;;;;1H2/q;;;;4*+1;/p-4. The number of aliphatic carboxylic acids is 2. The summed E-state index contributed by atoms with van der Waals surface area (Å²) < 4.78 is 9.91. The molecule has 7 nitrogen and oxygen atoms in total. The number of carbonyl (C=O) groups excluding carboxylic acids is 2. The molecular formula is C12H20Br2K2Na2O7S4. The molecule has 0 saturated heterocycles. The van der Waals surface area contributed by atoms with Crippen molar-refractivity contribution in [2.75, 3.05) is 13.2 Å². The van der Waals surface area contributed by atoms with E-state index in [9.17, 15) is 19.8 Å². The molecule has 0 fully saturated rings. The molecule has 0 saturated carbocycles. The molecule has 152 valence electrons. The number of carboxylic acid groups (broad SMARTS) is 2. The predicted molar refractivity (Wildman–Crippen MR) is 105 cm³/mol. The van der Waals surface area contributed by atoms with E-state index in [4.69, 9.17) is 17.0 Å². The molecule has 2 atom stereocenters. The Morgan fingerprint density at radius 3 is 1.48 bits per heavy atom. The van der Waals surface area contributed by atoms with Crippen LogP contribution in [0.5, 0.6) is 0 Å². The third-order valence-electron chi connectivity index (χ3n) is 1.45. The van der Waals surface area contributed by atoms with Gasteiger partial charge in [0.2, 0.25) is 4.38 Å². The number of ether oxygens (including phenoxy) is 2. The number of thioether (sulfide) groups is 1. The average molecular weight is 689 g/mol. The third-order valence-corrected chi connectivity index (χ3v) is 3.33. The molecule has 0 aromatic carbocycles. The van der Waals surface area contributed by atoms with Crippen LogP contribution in [0.1, 0.15) is 27.7 Å². The summed E-state index contributed by atoms with van der Waals surface area (Å²) >= 11 is 17.2. The van der Waals surface area contributed by atoms with E-state index in [2.05, 4.69) is 45.5 Å². The number of rotatable bonds is 5. The van der Waals surface area contributed by atoms with Crippen molar-refractivity contribution in [1.29, 1.82) is 0 Å². The molecule has 0 spiro atoms. The summed E-state index contributed by atoms with van der Waals surface area (Å²) in [5.74, 6) is -2.20. The van der Waals surface area contributed by atoms with E-state index in [-0.39, 0.29) is 193 Å². The average Bonchev–Trinajstić information content (AvgIpc) is 2.39. The number of halogens is 2. The van der Waals surface area contributed by atoms with Crippen LogP contribution < -0.4 is 189 Å². The molecule has 0 aromatic heterocycles. The van der Waals surface area contributed by atoms with Crippen LogP contribution >= 0.6 is 52.1 Å². The fourth-order valence-electron chi connectivity index (χ4n) is 0.462. The van der Waals surface area contributed by atoms with Gasteiger partial charge in [0, 0.05) is 4.38 Å². The molecule has 0 bridgehead atoms. The summed E-state index contributed by atoms with van der Waals surface area (Å²) in [5.41, 5.74) is 0. The van der Waals surface area contributed by atoms with Crippen LogP contribution in [0.3, 0.4) is 0 Å². The van der Waals surface area contributed by atoms with Crippen LogP contribution in [0.15, 0.2) is 0 Å². The largest absolute Gasteiger partial charge is 1.00 e. The molecule has 0 rings (SSSR count). The minimum absolute atomic E-state index is 0. The van der Waals surface area contributed by atoms with Crippen molar-refractivity contribution in [2.45, 2.75) is 37.8 Å². The first-order chi connectivity index (χ1) is 10.5. The first-order valence-electron chi connectivity index (χ1n) is 6.22. The molecule has 2 unspecified atom stereocenters. The normalized spacial score (nSPS) is 9.00. The Morgan fingerprint density at radius 2 is 1.34 bits per heavy atom. The first-order valence-corrected chi connectivity index (χ1v) is 9.24. The smallest absolute Gasteiger partial charge is 1.00 e. The van der Waals surface area contributed by atoms with E-state index in [0.29, 0.717) is 13.2 Å². The van der Waals surface area contributed by atoms with Crippen molar-refractivity contribution in [1.82, 2.24) is 0 Å². The van der Waals surface area contributed by atoms with Gasteiger partial charge in [0.05, 0.1) is 35.2 Å². The Kier molecular flexibility index (Phi) is 89.4. The van der Waals surface area contributed by atoms with Gasteiger partial charge in [0.15, 0.2) is 0 Å². The monoisotopic (exact) mass is 686 g/mol. The van der Waals surface area contributed by atoms with Crippen LogP contribution in [-0.4, -0.2) is 49.5 Å². The van der Waals surface area contributed by atoms with Gasteiger partial charge in [-0.05, 0) is 39.9 Å². The van der Waals surface area contributed by atoms with Gasteiger partial charge in [-0.15, -0.1) is 0 Å². The Morgan fingerprint density at radius 1 is 1.03 bits per heavy atom. The maximum Gasteiger partial charge on any atom is 1.00 e. The van der Waals surface area contributed by atoms with Gasteiger partial charge < -0.3 is 76.6 Å². The van der Waals surface area contributed by atoms with Crippen LogP contribution in [0.25, 0.3) is 0 Å². The van der Waals surface area contributed by atoms with Gasteiger partial charge in [-0.25, -0.2) is 0 Å². The number of carbonyl (C=O) groups is 2. The van der Waals surface area contributed by atoms with Crippen molar-refractivity contribution in [3.05, 3.63) is 0 Å². The minimum Gasteiger partial charge on any atom is -1.00 e. The summed E-state index contributed by atoms with van der Waals surface area (Å²) in [5, 5.41) is 19.1. The molecule has 29 heavy (non-hydrogen) atoms. The zero-order valence-electron chi connectivity index (χ0n) is 17.9. The molecule has 17 heteroatoms. The van der Waals surface area contributed by atoms with Crippen LogP contribution in [0, 0.1) is 0 Å². The van der Waals surface area contributed by atoms with Gasteiger partial charge in [-0.3, -0.25) is 0 Å². The summed E-state index contributed by atoms with van der Waals surface area (Å²) in [6, 6.07) is 0. The van der Waals surface area contributed by atoms with Gasteiger partial charge >= 0.3 is 162 Å². The fourth-order valence-corrected chi connectivity index (χ4v) is 1.82. The molecule has 0 radical (unpaired) electrons. The summed E-state index contributed by atoms with van der Waals surface area (Å²) in [4.78, 5) is 19.2. The zero-order valence-corrected chi connectivity index (χ0v) is 34.6. The van der Waals surface area contributed by atoms with Crippen LogP contribution in [0.4, 0.5) is 0 Å². The summed E-state index contributed by atoms with van der Waals surface area (Å²) in [6.45, 7) is 7.68. The predicted octanol–water partition coefficient (Wildman–Crippen LogP) is -15.3. The van der Waals surface area contributed by atoms with Crippen molar-refractivity contribution < 1.29 is 214 Å². The molecule has 0 aliphatic heterocycles. The van der Waals surface area contributed by atoms with Gasteiger partial charge in [-0.2, -0.15) is 0 Å². The van der Waals surface area contributed by atoms with E-state index in [1.807, 2.05) is 6.92 Å². The maximum absolute atomic E-state index is 10.2. The molecule has 0 amide bonds. The molecule has 0 heterocycles. The van der Waals surface area contributed by atoms with Gasteiger partial charge in [0.25, 0.3) is 0 Å². The van der Waals surface area contributed by atoms with Crippen LogP contribution in [-0.2, 0) is 31.7 Å². The Labute approximate surface area is 341 Å². The number of thiocarbonyl (C=S) groups is 2. The second-order valence-electron chi connectivity index (χ2n) is 3.38. The van der Waals surface area contributed by atoms with E-state index in [1.165, 1.54) is 13.8 Å². The first kappa shape index (κ1) is 59.5. The van der Waals surface area contributed by atoms with Crippen molar-refractivity contribution in [3.8, 4) is 0 Å². The summed E-state index contributed by atoms with van der Waals surface area (Å²) in [7, 11) is 0. The second kappa shape index (κ2) is 43.5. The fraction of sp³-hybridized carbons (Fsp3) is 0.667. The number of hydrogen-bond acceptors (Lipinski definition) is 10. The topological polar surface area (TPSA) is 130 Å². The van der Waals surface area contributed by atoms with E-state index in [0.717, 1.165) is 11.8 Å². The van der Waals surface area contributed by atoms with Gasteiger partial charge in [0.1, 0.15) is 0 Å². The number of alkyl halides is 1. The molecule has 0 aliphatic rings. The quantitative estimate of drug-likeness (QED) is 0.119. The van der Waals surface area contributed by atoms with E-state index in [1.54, 1.807) is 6.92 Å². The molecule has 0 aromatic rings. The maximum atomic E-state index is 10.2.